The molecule has 0 bridgehead atoms. The third kappa shape index (κ3) is 2.78. The third-order valence-corrected chi connectivity index (χ3v) is 3.99. The number of likely N-dealkylation sites (N-methyl/N-ethyl adjacent to an activating group) is 1. The summed E-state index contributed by atoms with van der Waals surface area (Å²) in [5.41, 5.74) is 1.04. The Balaban J connectivity index is 1.60. The molecule has 0 unspecified atom stereocenters. The Morgan fingerprint density at radius 2 is 2.32 bits per heavy atom. The predicted molar refractivity (Wildman–Crippen MR) is 70.7 cm³/mol. The topological polar surface area (TPSA) is 63.1 Å². The Kier molecular flexibility index (Phi) is 3.50. The van der Waals surface area contributed by atoms with Crippen molar-refractivity contribution in [3.8, 4) is 0 Å². The molecule has 104 valence electrons. The minimum absolute atomic E-state index is 0.157. The molecular formula is C13H21N5O. The first-order valence-electron chi connectivity index (χ1n) is 7.12. The molecule has 2 aliphatic rings. The van der Waals surface area contributed by atoms with Crippen LogP contribution in [0.5, 0.6) is 0 Å². The minimum Gasteiger partial charge on any atom is -0.337 e. The highest BCUT2D eigenvalue weighted by atomic mass is 16.2. The van der Waals surface area contributed by atoms with E-state index in [1.165, 1.54) is 12.8 Å². The van der Waals surface area contributed by atoms with Crippen molar-refractivity contribution in [3.05, 3.63) is 11.9 Å². The van der Waals surface area contributed by atoms with Crippen molar-refractivity contribution in [2.45, 2.75) is 44.2 Å². The summed E-state index contributed by atoms with van der Waals surface area (Å²) in [6.45, 7) is 2.06. The zero-order valence-corrected chi connectivity index (χ0v) is 11.4. The van der Waals surface area contributed by atoms with Gasteiger partial charge in [-0.05, 0) is 32.7 Å². The number of nitrogens with one attached hydrogen (secondary N) is 1. The van der Waals surface area contributed by atoms with Crippen LogP contribution in [0, 0.1) is 0 Å². The van der Waals surface area contributed by atoms with Crippen molar-refractivity contribution < 1.29 is 4.79 Å². The van der Waals surface area contributed by atoms with Crippen LogP contribution in [0.3, 0.4) is 0 Å². The highest BCUT2D eigenvalue weighted by molar-refractivity contribution is 5.76. The second-order valence-electron chi connectivity index (χ2n) is 5.56. The van der Waals surface area contributed by atoms with Crippen LogP contribution in [0.15, 0.2) is 6.20 Å². The maximum absolute atomic E-state index is 12.3. The van der Waals surface area contributed by atoms with Gasteiger partial charge in [-0.2, -0.15) is 0 Å². The van der Waals surface area contributed by atoms with Crippen molar-refractivity contribution >= 4 is 5.91 Å². The SMILES string of the molecule is CNC[C@@H]1CCCN1C(=O)Cn1cc(C2CC2)nn1. The van der Waals surface area contributed by atoms with Gasteiger partial charge in [-0.25, -0.2) is 4.68 Å². The van der Waals surface area contributed by atoms with Crippen molar-refractivity contribution in [2.24, 2.45) is 0 Å². The van der Waals surface area contributed by atoms with E-state index in [1.54, 1.807) is 4.68 Å². The third-order valence-electron chi connectivity index (χ3n) is 3.99. The maximum atomic E-state index is 12.3. The van der Waals surface area contributed by atoms with Gasteiger partial charge in [0.25, 0.3) is 0 Å². The molecule has 3 rings (SSSR count). The van der Waals surface area contributed by atoms with Crippen LogP contribution in [0.2, 0.25) is 0 Å². The van der Waals surface area contributed by atoms with Gasteiger partial charge in [0.1, 0.15) is 6.54 Å². The summed E-state index contributed by atoms with van der Waals surface area (Å²) in [6.07, 6.45) is 6.55. The van der Waals surface area contributed by atoms with Gasteiger partial charge in [0.15, 0.2) is 0 Å². The molecule has 1 aliphatic heterocycles. The molecule has 2 fully saturated rings. The Morgan fingerprint density at radius 1 is 1.47 bits per heavy atom. The first kappa shape index (κ1) is 12.6. The quantitative estimate of drug-likeness (QED) is 0.833. The fraction of sp³-hybridized carbons (Fsp3) is 0.769. The number of aromatic nitrogens is 3. The molecule has 1 N–H and O–H groups in total. The van der Waals surface area contributed by atoms with Gasteiger partial charge in [-0.15, -0.1) is 5.10 Å². The van der Waals surface area contributed by atoms with Crippen molar-refractivity contribution in [3.63, 3.8) is 0 Å². The fourth-order valence-electron chi connectivity index (χ4n) is 2.80. The highest BCUT2D eigenvalue weighted by Gasteiger charge is 2.29. The maximum Gasteiger partial charge on any atom is 0.244 e. The Bertz CT molecular complexity index is 454. The number of carbonyl (C=O) groups excluding carboxylic acids is 1. The Hall–Kier alpha value is -1.43. The average molecular weight is 263 g/mol. The van der Waals surface area contributed by atoms with Crippen LogP contribution >= 0.6 is 0 Å². The molecule has 1 saturated heterocycles. The van der Waals surface area contributed by atoms with Gasteiger partial charge < -0.3 is 10.2 Å². The number of nitrogens with zero attached hydrogens (tertiary/aromatic N) is 4. The molecule has 1 saturated carbocycles. The number of likely N-dealkylation sites (tertiary alicyclic amines) is 1. The van der Waals surface area contributed by atoms with Gasteiger partial charge in [-0.3, -0.25) is 4.79 Å². The summed E-state index contributed by atoms with van der Waals surface area (Å²) < 4.78 is 1.69. The van der Waals surface area contributed by atoms with Gasteiger partial charge in [0, 0.05) is 31.2 Å². The molecule has 6 heteroatoms. The van der Waals surface area contributed by atoms with Crippen LogP contribution in [0.4, 0.5) is 0 Å². The number of rotatable bonds is 5. The van der Waals surface area contributed by atoms with E-state index in [0.29, 0.717) is 18.5 Å². The lowest BCUT2D eigenvalue weighted by Gasteiger charge is -2.24. The standard InChI is InChI=1S/C13H21N5O/c1-14-7-11-3-2-6-18(11)13(19)9-17-8-12(15-16-17)10-4-5-10/h8,10-11,14H,2-7,9H2,1H3/t11-/m0/s1. The average Bonchev–Trinajstić information content (AvgIpc) is 2.96. The second-order valence-corrected chi connectivity index (χ2v) is 5.56. The van der Waals surface area contributed by atoms with E-state index in [9.17, 15) is 4.79 Å². The van der Waals surface area contributed by atoms with Gasteiger partial charge >= 0.3 is 0 Å². The van der Waals surface area contributed by atoms with Gasteiger partial charge in [-0.1, -0.05) is 5.21 Å². The summed E-state index contributed by atoms with van der Waals surface area (Å²) in [5.74, 6) is 0.748. The summed E-state index contributed by atoms with van der Waals surface area (Å²) in [7, 11) is 1.93. The van der Waals surface area contributed by atoms with E-state index in [1.807, 2.05) is 18.1 Å². The van der Waals surface area contributed by atoms with E-state index < -0.39 is 0 Å². The summed E-state index contributed by atoms with van der Waals surface area (Å²) in [6, 6.07) is 0.337. The second kappa shape index (κ2) is 5.28. The largest absolute Gasteiger partial charge is 0.337 e. The lowest BCUT2D eigenvalue weighted by Crippen LogP contribution is -2.42. The van der Waals surface area contributed by atoms with Crippen molar-refractivity contribution in [2.75, 3.05) is 20.1 Å². The Labute approximate surface area is 113 Å². The lowest BCUT2D eigenvalue weighted by molar-refractivity contribution is -0.132. The van der Waals surface area contributed by atoms with Gasteiger partial charge in [0.2, 0.25) is 5.91 Å². The molecule has 0 radical (unpaired) electrons. The van der Waals surface area contributed by atoms with Crippen molar-refractivity contribution in [1.29, 1.82) is 0 Å². The first-order chi connectivity index (χ1) is 9.28. The van der Waals surface area contributed by atoms with E-state index >= 15 is 0 Å². The first-order valence-corrected chi connectivity index (χ1v) is 7.12. The molecule has 1 aliphatic carbocycles. The molecular weight excluding hydrogens is 242 g/mol. The molecule has 1 aromatic heterocycles. The number of hydrogen-bond donors (Lipinski definition) is 1. The minimum atomic E-state index is 0.157. The summed E-state index contributed by atoms with van der Waals surface area (Å²) >= 11 is 0. The molecule has 0 aromatic carbocycles. The van der Waals surface area contributed by atoms with Crippen molar-refractivity contribution in [1.82, 2.24) is 25.2 Å². The molecule has 19 heavy (non-hydrogen) atoms. The van der Waals surface area contributed by atoms with Crippen LogP contribution in [-0.4, -0.2) is 52.0 Å². The van der Waals surface area contributed by atoms with E-state index in [4.69, 9.17) is 0 Å². The molecule has 6 nitrogen and oxygen atoms in total. The molecule has 1 amide bonds. The number of hydrogen-bond acceptors (Lipinski definition) is 4. The summed E-state index contributed by atoms with van der Waals surface area (Å²) in [4.78, 5) is 14.3. The highest BCUT2D eigenvalue weighted by Crippen LogP contribution is 2.38. The van der Waals surface area contributed by atoms with Crippen LogP contribution in [0.25, 0.3) is 0 Å². The number of amides is 1. The lowest BCUT2D eigenvalue weighted by atomic mass is 10.2. The normalized spacial score (nSPS) is 23.0. The van der Waals surface area contributed by atoms with Crippen LogP contribution < -0.4 is 5.32 Å². The fourth-order valence-corrected chi connectivity index (χ4v) is 2.80. The molecule has 2 heterocycles. The van der Waals surface area contributed by atoms with E-state index in [0.717, 1.165) is 31.6 Å². The predicted octanol–water partition coefficient (Wildman–Crippen LogP) is 0.366. The molecule has 0 spiro atoms. The molecule has 1 atom stereocenters. The smallest absolute Gasteiger partial charge is 0.244 e. The Morgan fingerprint density at radius 3 is 3.05 bits per heavy atom. The van der Waals surface area contributed by atoms with E-state index in [2.05, 4.69) is 15.6 Å². The monoisotopic (exact) mass is 263 g/mol. The van der Waals surface area contributed by atoms with Crippen LogP contribution in [-0.2, 0) is 11.3 Å². The van der Waals surface area contributed by atoms with Gasteiger partial charge in [0.05, 0.1) is 5.69 Å². The molecule has 1 aromatic rings. The zero-order valence-electron chi connectivity index (χ0n) is 11.4. The van der Waals surface area contributed by atoms with E-state index in [-0.39, 0.29) is 5.91 Å². The number of carbonyl (C=O) groups is 1. The zero-order chi connectivity index (χ0) is 13.2. The van der Waals surface area contributed by atoms with Crippen LogP contribution in [0.1, 0.15) is 37.3 Å². The summed E-state index contributed by atoms with van der Waals surface area (Å²) in [5, 5.41) is 11.4.